The smallest absolute Gasteiger partial charge is 0.306 e. The van der Waals surface area contributed by atoms with E-state index in [0.717, 1.165) is 18.4 Å². The van der Waals surface area contributed by atoms with Crippen molar-refractivity contribution in [3.63, 3.8) is 0 Å². The molecule has 0 heterocycles. The maximum atomic E-state index is 11.9. The van der Waals surface area contributed by atoms with Crippen molar-refractivity contribution in [3.8, 4) is 0 Å². The lowest BCUT2D eigenvalue weighted by atomic mass is 10.0. The van der Waals surface area contributed by atoms with Crippen LogP contribution in [-0.2, 0) is 25.5 Å². The number of carbonyl (C=O) groups is 3. The summed E-state index contributed by atoms with van der Waals surface area (Å²) in [6.45, 7) is 1.08. The van der Waals surface area contributed by atoms with E-state index < -0.39 is 11.9 Å². The molecule has 1 aliphatic carbocycles. The zero-order chi connectivity index (χ0) is 17.4. The molecular weight excluding hydrogens is 306 g/mol. The van der Waals surface area contributed by atoms with Crippen LogP contribution in [0.5, 0.6) is 0 Å². The third-order valence-corrected chi connectivity index (χ3v) is 4.01. The van der Waals surface area contributed by atoms with Crippen LogP contribution in [0.4, 0.5) is 0 Å². The van der Waals surface area contributed by atoms with E-state index in [9.17, 15) is 14.4 Å². The van der Waals surface area contributed by atoms with Gasteiger partial charge in [-0.3, -0.25) is 14.4 Å². The lowest BCUT2D eigenvalue weighted by Crippen LogP contribution is -2.43. The van der Waals surface area contributed by atoms with Crippen molar-refractivity contribution in [2.24, 2.45) is 5.92 Å². The summed E-state index contributed by atoms with van der Waals surface area (Å²) in [4.78, 5) is 35.4. The number of benzene rings is 1. The van der Waals surface area contributed by atoms with Crippen molar-refractivity contribution < 1.29 is 19.1 Å². The molecule has 5 heteroatoms. The fourth-order valence-corrected chi connectivity index (χ4v) is 2.67. The average molecular weight is 329 g/mol. The quantitative estimate of drug-likeness (QED) is 0.586. The molecule has 0 bridgehead atoms. The molecule has 1 amide bonds. The Morgan fingerprint density at radius 3 is 2.62 bits per heavy atom. The first kappa shape index (κ1) is 17.9. The molecule has 1 N–H and O–H groups in total. The Labute approximate surface area is 142 Å². The van der Waals surface area contributed by atoms with Gasteiger partial charge in [-0.1, -0.05) is 42.5 Å². The molecule has 0 unspecified atom stereocenters. The number of Topliss-reactive ketones (excluding diaryl/α,β-unsaturated/α-hetero) is 1. The molecule has 1 aliphatic rings. The fraction of sp³-hybridized carbons (Fsp3) is 0.421. The number of ether oxygens (including phenoxy) is 1. The van der Waals surface area contributed by atoms with E-state index in [-0.39, 0.29) is 24.3 Å². The molecule has 24 heavy (non-hydrogen) atoms. The molecule has 1 aromatic carbocycles. The van der Waals surface area contributed by atoms with Crippen LogP contribution in [0.3, 0.4) is 0 Å². The third kappa shape index (κ3) is 5.99. The van der Waals surface area contributed by atoms with Crippen LogP contribution in [0.15, 0.2) is 42.5 Å². The van der Waals surface area contributed by atoms with Crippen LogP contribution in [-0.4, -0.2) is 30.3 Å². The molecule has 5 nitrogen and oxygen atoms in total. The summed E-state index contributed by atoms with van der Waals surface area (Å²) < 4.78 is 5.00. The fourth-order valence-electron chi connectivity index (χ4n) is 2.67. The lowest BCUT2D eigenvalue weighted by Gasteiger charge is -2.16. The number of hydrogen-bond acceptors (Lipinski definition) is 4. The minimum Gasteiger partial charge on any atom is -0.456 e. The Morgan fingerprint density at radius 2 is 2.00 bits per heavy atom. The van der Waals surface area contributed by atoms with E-state index >= 15 is 0 Å². The Balaban J connectivity index is 1.76. The van der Waals surface area contributed by atoms with E-state index in [1.54, 1.807) is 0 Å². The number of amides is 1. The molecule has 0 saturated carbocycles. The summed E-state index contributed by atoms with van der Waals surface area (Å²) in [5.41, 5.74) is 0.961. The molecule has 128 valence electrons. The normalized spacial score (nSPS) is 17.3. The molecule has 0 fully saturated rings. The first-order valence-corrected chi connectivity index (χ1v) is 8.20. The summed E-state index contributed by atoms with van der Waals surface area (Å²) in [7, 11) is 0. The number of allylic oxidation sites excluding steroid dienone is 2. The molecule has 0 saturated heterocycles. The number of esters is 1. The van der Waals surface area contributed by atoms with Crippen LogP contribution in [0.25, 0.3) is 0 Å². The summed E-state index contributed by atoms with van der Waals surface area (Å²) in [6, 6.07) is 8.84. The largest absolute Gasteiger partial charge is 0.456 e. The Morgan fingerprint density at radius 1 is 1.25 bits per heavy atom. The zero-order valence-corrected chi connectivity index (χ0v) is 13.9. The van der Waals surface area contributed by atoms with Gasteiger partial charge in [0.1, 0.15) is 0 Å². The van der Waals surface area contributed by atoms with Gasteiger partial charge in [-0.15, -0.1) is 0 Å². The van der Waals surface area contributed by atoms with Crippen LogP contribution in [0.2, 0.25) is 0 Å². The molecule has 2 rings (SSSR count). The SMILES string of the molecule is CC(=O)[C@@H](Cc1ccccc1)NC(=O)COC(=O)C[C@H]1C=CCC1. The minimum absolute atomic E-state index is 0.130. The molecule has 0 radical (unpaired) electrons. The highest BCUT2D eigenvalue weighted by Crippen LogP contribution is 2.20. The van der Waals surface area contributed by atoms with Gasteiger partial charge in [-0.25, -0.2) is 0 Å². The predicted molar refractivity (Wildman–Crippen MR) is 90.2 cm³/mol. The van der Waals surface area contributed by atoms with Gasteiger partial charge >= 0.3 is 5.97 Å². The van der Waals surface area contributed by atoms with Crippen molar-refractivity contribution >= 4 is 17.7 Å². The van der Waals surface area contributed by atoms with Gasteiger partial charge in [-0.2, -0.15) is 0 Å². The number of carbonyl (C=O) groups excluding carboxylic acids is 3. The summed E-state index contributed by atoms with van der Waals surface area (Å²) >= 11 is 0. The molecule has 2 atom stereocenters. The predicted octanol–water partition coefficient (Wildman–Crippen LogP) is 2.20. The number of nitrogens with one attached hydrogen (secondary N) is 1. The first-order valence-electron chi connectivity index (χ1n) is 8.20. The first-order chi connectivity index (χ1) is 11.5. The summed E-state index contributed by atoms with van der Waals surface area (Å²) in [5, 5.41) is 2.63. The Kier molecular flexibility index (Phi) is 6.73. The van der Waals surface area contributed by atoms with Gasteiger partial charge < -0.3 is 10.1 Å². The Bertz CT molecular complexity index is 609. The minimum atomic E-state index is -0.614. The number of rotatable bonds is 8. The summed E-state index contributed by atoms with van der Waals surface area (Å²) in [5.74, 6) is -0.760. The van der Waals surface area contributed by atoms with Crippen molar-refractivity contribution in [1.29, 1.82) is 0 Å². The van der Waals surface area contributed by atoms with Crippen molar-refractivity contribution in [2.45, 2.75) is 38.6 Å². The van der Waals surface area contributed by atoms with Crippen LogP contribution < -0.4 is 5.32 Å². The van der Waals surface area contributed by atoms with E-state index in [2.05, 4.69) is 5.32 Å². The van der Waals surface area contributed by atoms with Gasteiger partial charge in [0.2, 0.25) is 0 Å². The van der Waals surface area contributed by atoms with E-state index in [0.29, 0.717) is 12.8 Å². The highest BCUT2D eigenvalue weighted by molar-refractivity contribution is 5.88. The second kappa shape index (κ2) is 9.01. The van der Waals surface area contributed by atoms with E-state index in [1.165, 1.54) is 6.92 Å². The highest BCUT2D eigenvalue weighted by atomic mass is 16.5. The topological polar surface area (TPSA) is 72.5 Å². The average Bonchev–Trinajstić information content (AvgIpc) is 3.06. The summed E-state index contributed by atoms with van der Waals surface area (Å²) in [6.07, 6.45) is 6.70. The van der Waals surface area contributed by atoms with E-state index in [4.69, 9.17) is 4.74 Å². The molecule has 0 spiro atoms. The Hall–Kier alpha value is -2.43. The van der Waals surface area contributed by atoms with Crippen LogP contribution in [0, 0.1) is 5.92 Å². The number of ketones is 1. The monoisotopic (exact) mass is 329 g/mol. The number of hydrogen-bond donors (Lipinski definition) is 1. The standard InChI is InChI=1S/C19H23NO4/c1-14(21)17(11-15-7-3-2-4-8-15)20-18(22)13-24-19(23)12-16-9-5-6-10-16/h2-5,7-9,16-17H,6,10-13H2,1H3,(H,20,22)/t16-,17+/m0/s1. The highest BCUT2D eigenvalue weighted by Gasteiger charge is 2.19. The van der Waals surface area contributed by atoms with Gasteiger partial charge in [0.05, 0.1) is 12.5 Å². The molecular formula is C19H23NO4. The second-order valence-corrected chi connectivity index (χ2v) is 6.05. The lowest BCUT2D eigenvalue weighted by molar-refractivity contribution is -0.149. The molecule has 0 aliphatic heterocycles. The third-order valence-electron chi connectivity index (χ3n) is 4.01. The van der Waals surface area contributed by atoms with Crippen molar-refractivity contribution in [2.75, 3.05) is 6.61 Å². The molecule has 0 aromatic heterocycles. The zero-order valence-electron chi connectivity index (χ0n) is 13.9. The van der Waals surface area contributed by atoms with Crippen LogP contribution >= 0.6 is 0 Å². The maximum Gasteiger partial charge on any atom is 0.306 e. The van der Waals surface area contributed by atoms with Gasteiger partial charge in [-0.05, 0) is 37.7 Å². The van der Waals surface area contributed by atoms with Gasteiger partial charge in [0.15, 0.2) is 12.4 Å². The van der Waals surface area contributed by atoms with Gasteiger partial charge in [0.25, 0.3) is 5.91 Å². The second-order valence-electron chi connectivity index (χ2n) is 6.05. The molecule has 1 aromatic rings. The van der Waals surface area contributed by atoms with Crippen molar-refractivity contribution in [1.82, 2.24) is 5.32 Å². The van der Waals surface area contributed by atoms with E-state index in [1.807, 2.05) is 42.5 Å². The maximum absolute atomic E-state index is 11.9. The van der Waals surface area contributed by atoms with Crippen LogP contribution in [0.1, 0.15) is 31.7 Å². The van der Waals surface area contributed by atoms with Gasteiger partial charge in [0, 0.05) is 0 Å². The van der Waals surface area contributed by atoms with Crippen molar-refractivity contribution in [3.05, 3.63) is 48.0 Å².